The molecule has 0 atom stereocenters. The predicted molar refractivity (Wildman–Crippen MR) is 133 cm³/mol. The number of hydrogen-bond donors (Lipinski definition) is 3. The van der Waals surface area contributed by atoms with E-state index in [0.29, 0.717) is 28.4 Å². The smallest absolute Gasteiger partial charge is 0.341 e. The van der Waals surface area contributed by atoms with Crippen LogP contribution >= 0.6 is 11.6 Å². The van der Waals surface area contributed by atoms with Crippen LogP contribution in [-0.4, -0.2) is 36.3 Å². The molecule has 0 unspecified atom stereocenters. The van der Waals surface area contributed by atoms with E-state index in [2.05, 4.69) is 29.4 Å². The lowest BCUT2D eigenvalue weighted by atomic mass is 9.93. The molecule has 2 aromatic rings. The third-order valence-corrected chi connectivity index (χ3v) is 5.88. The molecule has 2 amide bonds. The van der Waals surface area contributed by atoms with Gasteiger partial charge in [0.25, 0.3) is 0 Å². The number of hydrogen-bond acceptors (Lipinski definition) is 4. The highest BCUT2D eigenvalue weighted by molar-refractivity contribution is 6.31. The molecular weight excluding hydrogens is 461 g/mol. The summed E-state index contributed by atoms with van der Waals surface area (Å²) in [7, 11) is 0. The first-order valence-electron chi connectivity index (χ1n) is 11.5. The molecule has 9 heteroatoms. The average Bonchev–Trinajstić information content (AvgIpc) is 2.79. The van der Waals surface area contributed by atoms with Gasteiger partial charge in [0.2, 0.25) is 0 Å². The maximum Gasteiger partial charge on any atom is 0.341 e. The minimum Gasteiger partial charge on any atom is -0.482 e. The van der Waals surface area contributed by atoms with Gasteiger partial charge in [-0.3, -0.25) is 0 Å². The van der Waals surface area contributed by atoms with E-state index in [1.807, 2.05) is 6.07 Å². The molecule has 0 spiro atoms. The standard InChI is InChI=1S/C25H31ClFN3O4/c1-16(2)14-30(18-6-4-3-5-7-18)23-11-9-19(34-15-24(31)32)13-22(23)29-25(33)28-21-12-17(26)8-10-20(21)27/h8-13,16,18H,3-7,14-15H2,1-2H3,(H,31,32)(H2,28,29,33). The largest absolute Gasteiger partial charge is 0.482 e. The Hall–Kier alpha value is -3.00. The molecule has 1 aliphatic rings. The summed E-state index contributed by atoms with van der Waals surface area (Å²) in [6.45, 7) is 4.57. The normalized spacial score (nSPS) is 14.0. The van der Waals surface area contributed by atoms with Crippen LogP contribution in [-0.2, 0) is 4.79 Å². The number of benzene rings is 2. The Kier molecular flexibility index (Phi) is 8.98. The van der Waals surface area contributed by atoms with Crippen molar-refractivity contribution in [1.82, 2.24) is 0 Å². The first-order chi connectivity index (χ1) is 16.2. The number of amides is 2. The zero-order valence-corrected chi connectivity index (χ0v) is 20.2. The highest BCUT2D eigenvalue weighted by Crippen LogP contribution is 2.36. The Bertz CT molecular complexity index is 1010. The van der Waals surface area contributed by atoms with Crippen molar-refractivity contribution < 1.29 is 23.8 Å². The van der Waals surface area contributed by atoms with Crippen LogP contribution in [0.5, 0.6) is 5.75 Å². The zero-order chi connectivity index (χ0) is 24.7. The number of urea groups is 1. The summed E-state index contributed by atoms with van der Waals surface area (Å²) in [6.07, 6.45) is 5.63. The van der Waals surface area contributed by atoms with Crippen molar-refractivity contribution in [3.8, 4) is 5.75 Å². The van der Waals surface area contributed by atoms with E-state index in [1.165, 1.54) is 24.6 Å². The van der Waals surface area contributed by atoms with Crippen LogP contribution in [0.2, 0.25) is 5.02 Å². The molecule has 3 N–H and O–H groups in total. The molecule has 3 rings (SSSR count). The minimum absolute atomic E-state index is 0.0452. The monoisotopic (exact) mass is 491 g/mol. The lowest BCUT2D eigenvalue weighted by Gasteiger charge is -2.38. The number of carbonyl (C=O) groups is 2. The molecule has 0 saturated heterocycles. The summed E-state index contributed by atoms with van der Waals surface area (Å²) >= 11 is 5.93. The van der Waals surface area contributed by atoms with Crippen LogP contribution in [0.15, 0.2) is 36.4 Å². The summed E-state index contributed by atoms with van der Waals surface area (Å²) < 4.78 is 19.5. The van der Waals surface area contributed by atoms with Gasteiger partial charge in [0.1, 0.15) is 11.6 Å². The van der Waals surface area contributed by atoms with Gasteiger partial charge in [0.05, 0.1) is 17.1 Å². The molecular formula is C25H31ClFN3O4. The first-order valence-corrected chi connectivity index (χ1v) is 11.9. The summed E-state index contributed by atoms with van der Waals surface area (Å²) in [5.41, 5.74) is 1.22. The van der Waals surface area contributed by atoms with Crippen molar-refractivity contribution in [1.29, 1.82) is 0 Å². The molecule has 2 aromatic carbocycles. The molecule has 0 aliphatic heterocycles. The Morgan fingerprint density at radius 3 is 2.50 bits per heavy atom. The Labute approximate surface area is 204 Å². The Morgan fingerprint density at radius 2 is 1.82 bits per heavy atom. The summed E-state index contributed by atoms with van der Waals surface area (Å²) in [6, 6.07) is 8.73. The SMILES string of the molecule is CC(C)CN(c1ccc(OCC(=O)O)cc1NC(=O)Nc1cc(Cl)ccc1F)C1CCCCC1. The summed E-state index contributed by atoms with van der Waals surface area (Å²) in [5.74, 6) is -1.02. The summed E-state index contributed by atoms with van der Waals surface area (Å²) in [4.78, 5) is 26.1. The second-order valence-electron chi connectivity index (χ2n) is 8.90. The number of aliphatic carboxylic acids is 1. The van der Waals surface area contributed by atoms with Crippen LogP contribution in [0, 0.1) is 11.7 Å². The van der Waals surface area contributed by atoms with E-state index in [1.54, 1.807) is 12.1 Å². The first kappa shape index (κ1) is 25.6. The van der Waals surface area contributed by atoms with Gasteiger partial charge < -0.3 is 25.4 Å². The van der Waals surface area contributed by atoms with Gasteiger partial charge in [-0.2, -0.15) is 0 Å². The highest BCUT2D eigenvalue weighted by Gasteiger charge is 2.25. The third-order valence-electron chi connectivity index (χ3n) is 5.64. The average molecular weight is 492 g/mol. The number of carboxylic acid groups (broad SMARTS) is 1. The molecule has 0 bridgehead atoms. The molecule has 7 nitrogen and oxygen atoms in total. The van der Waals surface area contributed by atoms with Gasteiger partial charge >= 0.3 is 12.0 Å². The second-order valence-corrected chi connectivity index (χ2v) is 9.34. The Balaban J connectivity index is 1.91. The minimum atomic E-state index is -1.10. The molecule has 0 aromatic heterocycles. The topological polar surface area (TPSA) is 90.9 Å². The molecule has 1 aliphatic carbocycles. The number of nitrogens with one attached hydrogen (secondary N) is 2. The maximum absolute atomic E-state index is 14.1. The summed E-state index contributed by atoms with van der Waals surface area (Å²) in [5, 5.41) is 14.5. The van der Waals surface area contributed by atoms with Gasteiger partial charge in [0, 0.05) is 23.7 Å². The fourth-order valence-corrected chi connectivity index (χ4v) is 4.37. The molecule has 0 radical (unpaired) electrons. The van der Waals surface area contributed by atoms with Crippen molar-refractivity contribution in [2.45, 2.75) is 52.0 Å². The van der Waals surface area contributed by atoms with Gasteiger partial charge in [-0.05, 0) is 49.1 Å². The molecule has 1 fully saturated rings. The van der Waals surface area contributed by atoms with Gasteiger partial charge in [-0.15, -0.1) is 0 Å². The number of anilines is 3. The van der Waals surface area contributed by atoms with Gasteiger partial charge in [-0.1, -0.05) is 44.7 Å². The molecule has 34 heavy (non-hydrogen) atoms. The highest BCUT2D eigenvalue weighted by atomic mass is 35.5. The Morgan fingerprint density at radius 1 is 1.12 bits per heavy atom. The van der Waals surface area contributed by atoms with Crippen LogP contribution in [0.1, 0.15) is 46.0 Å². The number of rotatable bonds is 9. The fourth-order valence-electron chi connectivity index (χ4n) is 4.20. The van der Waals surface area contributed by atoms with Crippen molar-refractivity contribution in [3.05, 3.63) is 47.2 Å². The van der Waals surface area contributed by atoms with E-state index < -0.39 is 24.4 Å². The van der Waals surface area contributed by atoms with Crippen LogP contribution in [0.25, 0.3) is 0 Å². The zero-order valence-electron chi connectivity index (χ0n) is 19.4. The number of carbonyl (C=O) groups excluding carboxylic acids is 1. The fraction of sp³-hybridized carbons (Fsp3) is 0.440. The van der Waals surface area contributed by atoms with E-state index >= 15 is 0 Å². The van der Waals surface area contributed by atoms with E-state index in [-0.39, 0.29) is 5.69 Å². The van der Waals surface area contributed by atoms with Crippen molar-refractivity contribution in [2.24, 2.45) is 5.92 Å². The van der Waals surface area contributed by atoms with E-state index in [9.17, 15) is 14.0 Å². The number of carboxylic acids is 1. The van der Waals surface area contributed by atoms with Crippen molar-refractivity contribution >= 4 is 40.7 Å². The third kappa shape index (κ3) is 7.25. The van der Waals surface area contributed by atoms with E-state index in [4.69, 9.17) is 21.4 Å². The van der Waals surface area contributed by atoms with Crippen LogP contribution in [0.3, 0.4) is 0 Å². The lowest BCUT2D eigenvalue weighted by molar-refractivity contribution is -0.139. The van der Waals surface area contributed by atoms with Crippen molar-refractivity contribution in [3.63, 3.8) is 0 Å². The number of ether oxygens (including phenoxy) is 1. The quantitative estimate of drug-likeness (QED) is 0.378. The van der Waals surface area contributed by atoms with Crippen LogP contribution < -0.4 is 20.3 Å². The van der Waals surface area contributed by atoms with Crippen LogP contribution in [0.4, 0.5) is 26.2 Å². The second kappa shape index (κ2) is 11.9. The van der Waals surface area contributed by atoms with E-state index in [0.717, 1.165) is 37.9 Å². The predicted octanol–water partition coefficient (Wildman–Crippen LogP) is 6.38. The van der Waals surface area contributed by atoms with Gasteiger partial charge in [-0.25, -0.2) is 14.0 Å². The number of nitrogens with zero attached hydrogens (tertiary/aromatic N) is 1. The maximum atomic E-state index is 14.1. The number of halogens is 2. The van der Waals surface area contributed by atoms with Gasteiger partial charge in [0.15, 0.2) is 6.61 Å². The molecule has 184 valence electrons. The van der Waals surface area contributed by atoms with Crippen molar-refractivity contribution in [2.75, 3.05) is 28.7 Å². The molecule has 0 heterocycles. The molecule has 1 saturated carbocycles. The lowest BCUT2D eigenvalue weighted by Crippen LogP contribution is -2.40.